The van der Waals surface area contributed by atoms with Crippen LogP contribution in [0.15, 0.2) is 24.3 Å². The maximum absolute atomic E-state index is 9.91. The molecular formula is C11H13ClO. The highest BCUT2D eigenvalue weighted by atomic mass is 35.5. The molecule has 1 aliphatic rings. The van der Waals surface area contributed by atoms with Gasteiger partial charge in [-0.1, -0.05) is 30.2 Å². The highest BCUT2D eigenvalue weighted by Gasteiger charge is 2.26. The van der Waals surface area contributed by atoms with E-state index in [9.17, 15) is 5.11 Å². The van der Waals surface area contributed by atoms with Gasteiger partial charge in [0.05, 0.1) is 6.10 Å². The van der Waals surface area contributed by atoms with Crippen LogP contribution in [0, 0.1) is 5.92 Å². The molecule has 1 aliphatic carbocycles. The quantitative estimate of drug-likeness (QED) is 0.771. The largest absolute Gasteiger partial charge is 0.388 e. The first-order chi connectivity index (χ1) is 6.27. The number of rotatable bonds is 2. The predicted molar refractivity (Wildman–Crippen MR) is 53.8 cm³/mol. The molecule has 0 aliphatic heterocycles. The molecule has 2 heteroatoms. The Hall–Kier alpha value is -0.530. The van der Waals surface area contributed by atoms with Crippen LogP contribution in [-0.4, -0.2) is 5.11 Å². The van der Waals surface area contributed by atoms with Crippen LogP contribution in [0.4, 0.5) is 0 Å². The van der Waals surface area contributed by atoms with Crippen LogP contribution in [0.3, 0.4) is 0 Å². The second-order valence-electron chi connectivity index (χ2n) is 3.69. The monoisotopic (exact) mass is 196 g/mol. The van der Waals surface area contributed by atoms with E-state index in [-0.39, 0.29) is 6.10 Å². The predicted octanol–water partition coefficient (Wildman–Crippen LogP) is 3.17. The third kappa shape index (κ3) is 1.87. The van der Waals surface area contributed by atoms with E-state index in [4.69, 9.17) is 11.6 Å². The molecule has 1 N–H and O–H groups in total. The van der Waals surface area contributed by atoms with Crippen LogP contribution in [0.5, 0.6) is 0 Å². The molecule has 0 aromatic heterocycles. The van der Waals surface area contributed by atoms with Gasteiger partial charge in [-0.15, -0.1) is 0 Å². The van der Waals surface area contributed by atoms with Gasteiger partial charge in [0.2, 0.25) is 0 Å². The molecule has 0 heterocycles. The van der Waals surface area contributed by atoms with Crippen LogP contribution < -0.4 is 0 Å². The first-order valence-corrected chi connectivity index (χ1v) is 5.09. The zero-order valence-corrected chi connectivity index (χ0v) is 8.17. The van der Waals surface area contributed by atoms with Gasteiger partial charge in [-0.05, 0) is 36.5 Å². The number of aliphatic hydroxyl groups excluding tert-OH is 1. The molecule has 1 unspecified atom stereocenters. The summed E-state index contributed by atoms with van der Waals surface area (Å²) in [6.07, 6.45) is 3.23. The number of aliphatic hydroxyl groups is 1. The van der Waals surface area contributed by atoms with Gasteiger partial charge in [-0.25, -0.2) is 0 Å². The summed E-state index contributed by atoms with van der Waals surface area (Å²) in [6, 6.07) is 7.51. The number of hydrogen-bond acceptors (Lipinski definition) is 1. The summed E-state index contributed by atoms with van der Waals surface area (Å²) in [7, 11) is 0. The fourth-order valence-corrected chi connectivity index (χ4v) is 1.92. The van der Waals surface area contributed by atoms with Crippen molar-refractivity contribution < 1.29 is 5.11 Å². The molecule has 1 atom stereocenters. The Morgan fingerprint density at radius 2 is 2.15 bits per heavy atom. The average molecular weight is 197 g/mol. The summed E-state index contributed by atoms with van der Waals surface area (Å²) in [5.74, 6) is 0.457. The molecule has 1 aromatic rings. The Labute approximate surface area is 83.3 Å². The zero-order chi connectivity index (χ0) is 9.26. The topological polar surface area (TPSA) is 20.2 Å². The van der Waals surface area contributed by atoms with E-state index in [1.54, 1.807) is 0 Å². The van der Waals surface area contributed by atoms with Gasteiger partial charge in [0, 0.05) is 5.02 Å². The Morgan fingerprint density at radius 3 is 2.69 bits per heavy atom. The molecule has 0 spiro atoms. The summed E-state index contributed by atoms with van der Waals surface area (Å²) in [4.78, 5) is 0. The standard InChI is InChI=1S/C11H13ClO/c12-10-6-2-5-9(7-10)11(13)8-3-1-4-8/h2,5-8,11,13H,1,3-4H2. The van der Waals surface area contributed by atoms with Gasteiger partial charge >= 0.3 is 0 Å². The highest BCUT2D eigenvalue weighted by molar-refractivity contribution is 6.30. The van der Waals surface area contributed by atoms with Crippen LogP contribution >= 0.6 is 11.6 Å². The lowest BCUT2D eigenvalue weighted by Gasteiger charge is -2.30. The van der Waals surface area contributed by atoms with E-state index >= 15 is 0 Å². The van der Waals surface area contributed by atoms with Gasteiger partial charge in [0.1, 0.15) is 0 Å². The minimum absolute atomic E-state index is 0.313. The van der Waals surface area contributed by atoms with Gasteiger partial charge in [0.15, 0.2) is 0 Å². The SMILES string of the molecule is OC(c1cccc(Cl)c1)C1CCC1. The summed E-state index contributed by atoms with van der Waals surface area (Å²) in [6.45, 7) is 0. The van der Waals surface area contributed by atoms with Crippen molar-refractivity contribution in [3.63, 3.8) is 0 Å². The lowest BCUT2D eigenvalue weighted by Crippen LogP contribution is -2.19. The van der Waals surface area contributed by atoms with Crippen LogP contribution in [0.2, 0.25) is 5.02 Å². The van der Waals surface area contributed by atoms with Crippen molar-refractivity contribution in [3.8, 4) is 0 Å². The van der Waals surface area contributed by atoms with Crippen molar-refractivity contribution in [1.82, 2.24) is 0 Å². The second-order valence-corrected chi connectivity index (χ2v) is 4.13. The van der Waals surface area contributed by atoms with Crippen molar-refractivity contribution in [1.29, 1.82) is 0 Å². The van der Waals surface area contributed by atoms with E-state index < -0.39 is 0 Å². The summed E-state index contributed by atoms with van der Waals surface area (Å²) in [5.41, 5.74) is 0.956. The normalized spacial score (nSPS) is 19.5. The van der Waals surface area contributed by atoms with Gasteiger partial charge in [-0.2, -0.15) is 0 Å². The van der Waals surface area contributed by atoms with Crippen molar-refractivity contribution in [2.45, 2.75) is 25.4 Å². The summed E-state index contributed by atoms with van der Waals surface area (Å²) < 4.78 is 0. The maximum atomic E-state index is 9.91. The highest BCUT2D eigenvalue weighted by Crippen LogP contribution is 2.37. The Kier molecular flexibility index (Phi) is 2.56. The van der Waals surface area contributed by atoms with E-state index in [2.05, 4.69) is 0 Å². The van der Waals surface area contributed by atoms with Crippen molar-refractivity contribution in [2.24, 2.45) is 5.92 Å². The zero-order valence-electron chi connectivity index (χ0n) is 7.41. The summed E-state index contributed by atoms with van der Waals surface area (Å²) >= 11 is 5.84. The molecule has 13 heavy (non-hydrogen) atoms. The maximum Gasteiger partial charge on any atom is 0.0818 e. The number of halogens is 1. The van der Waals surface area contributed by atoms with E-state index in [0.717, 1.165) is 18.4 Å². The van der Waals surface area contributed by atoms with E-state index in [0.29, 0.717) is 10.9 Å². The van der Waals surface area contributed by atoms with E-state index in [1.807, 2.05) is 24.3 Å². The second kappa shape index (κ2) is 3.69. The first-order valence-electron chi connectivity index (χ1n) is 4.71. The molecule has 2 rings (SSSR count). The minimum Gasteiger partial charge on any atom is -0.388 e. The van der Waals surface area contributed by atoms with Crippen molar-refractivity contribution >= 4 is 11.6 Å². The fraction of sp³-hybridized carbons (Fsp3) is 0.455. The Morgan fingerprint density at radius 1 is 1.38 bits per heavy atom. The molecule has 0 bridgehead atoms. The molecular weight excluding hydrogens is 184 g/mol. The third-order valence-corrected chi connectivity index (χ3v) is 3.02. The molecule has 70 valence electrons. The van der Waals surface area contributed by atoms with Gasteiger partial charge < -0.3 is 5.11 Å². The molecule has 1 saturated carbocycles. The van der Waals surface area contributed by atoms with Crippen LogP contribution in [-0.2, 0) is 0 Å². The Balaban J connectivity index is 2.14. The van der Waals surface area contributed by atoms with Gasteiger partial charge in [-0.3, -0.25) is 0 Å². The Bertz CT molecular complexity index is 294. The van der Waals surface area contributed by atoms with Gasteiger partial charge in [0.25, 0.3) is 0 Å². The van der Waals surface area contributed by atoms with E-state index in [1.165, 1.54) is 6.42 Å². The summed E-state index contributed by atoms with van der Waals surface area (Å²) in [5, 5.41) is 10.6. The van der Waals surface area contributed by atoms with Crippen LogP contribution in [0.1, 0.15) is 30.9 Å². The lowest BCUT2D eigenvalue weighted by molar-refractivity contribution is 0.0621. The molecule has 1 fully saturated rings. The molecule has 0 saturated heterocycles. The fourth-order valence-electron chi connectivity index (χ4n) is 1.72. The molecule has 0 amide bonds. The number of hydrogen-bond donors (Lipinski definition) is 1. The minimum atomic E-state index is -0.313. The average Bonchev–Trinajstić information content (AvgIpc) is 2.01. The van der Waals surface area contributed by atoms with Crippen LogP contribution in [0.25, 0.3) is 0 Å². The smallest absolute Gasteiger partial charge is 0.0818 e. The third-order valence-electron chi connectivity index (χ3n) is 2.79. The lowest BCUT2D eigenvalue weighted by atomic mass is 9.79. The molecule has 1 nitrogen and oxygen atoms in total. The molecule has 0 radical (unpaired) electrons. The van der Waals surface area contributed by atoms with Crippen molar-refractivity contribution in [2.75, 3.05) is 0 Å². The van der Waals surface area contributed by atoms with Crippen molar-refractivity contribution in [3.05, 3.63) is 34.9 Å². The molecule has 1 aromatic carbocycles. The first kappa shape index (κ1) is 9.04. The number of benzene rings is 1.